The Morgan fingerprint density at radius 1 is 1.24 bits per heavy atom. The van der Waals surface area contributed by atoms with Crippen LogP contribution in [-0.4, -0.2) is 15.9 Å². The van der Waals surface area contributed by atoms with Crippen molar-refractivity contribution < 1.29 is 4.79 Å². The fraction of sp³-hybridized carbons (Fsp3) is 0. The molecule has 0 saturated heterocycles. The first kappa shape index (κ1) is 13.3. The number of amides is 1. The summed E-state index contributed by atoms with van der Waals surface area (Å²) in [7, 11) is 0. The molecule has 3 aromatic rings. The van der Waals surface area contributed by atoms with Crippen molar-refractivity contribution in [2.24, 2.45) is 0 Å². The first-order chi connectivity index (χ1) is 10.2. The van der Waals surface area contributed by atoms with Gasteiger partial charge in [-0.25, -0.2) is 0 Å². The van der Waals surface area contributed by atoms with E-state index in [0.29, 0.717) is 11.3 Å². The second-order valence-corrected chi connectivity index (χ2v) is 5.18. The highest BCUT2D eigenvalue weighted by Crippen LogP contribution is 2.21. The number of thiazole rings is 1. The zero-order valence-corrected chi connectivity index (χ0v) is 11.7. The summed E-state index contributed by atoms with van der Waals surface area (Å²) in [5.41, 5.74) is 2.74. The molecular weight excluding hydrogens is 286 g/mol. The van der Waals surface area contributed by atoms with Crippen LogP contribution in [0.3, 0.4) is 0 Å². The number of H-pyrrole nitrogens is 1. The fourth-order valence-electron chi connectivity index (χ4n) is 1.89. The lowest BCUT2D eigenvalue weighted by Crippen LogP contribution is -2.11. The van der Waals surface area contributed by atoms with Crippen molar-refractivity contribution in [3.8, 4) is 11.3 Å². The van der Waals surface area contributed by atoms with E-state index in [1.165, 1.54) is 6.20 Å². The molecule has 5 nitrogen and oxygen atoms in total. The molecule has 0 radical (unpaired) electrons. The van der Waals surface area contributed by atoms with E-state index in [2.05, 4.69) is 15.3 Å². The molecule has 0 fully saturated rings. The molecule has 0 bridgehead atoms. The van der Waals surface area contributed by atoms with Crippen molar-refractivity contribution in [2.75, 3.05) is 5.32 Å². The van der Waals surface area contributed by atoms with Gasteiger partial charge < -0.3 is 10.3 Å². The highest BCUT2D eigenvalue weighted by Gasteiger charge is 2.07. The van der Waals surface area contributed by atoms with E-state index in [1.54, 1.807) is 29.8 Å². The van der Waals surface area contributed by atoms with Crippen molar-refractivity contribution in [3.05, 3.63) is 69.4 Å². The third-order valence-corrected chi connectivity index (χ3v) is 3.55. The monoisotopic (exact) mass is 297 g/mol. The Balaban J connectivity index is 1.84. The molecule has 0 aliphatic carbocycles. The van der Waals surface area contributed by atoms with Crippen molar-refractivity contribution in [1.29, 1.82) is 0 Å². The first-order valence-corrected chi connectivity index (χ1v) is 7.10. The second kappa shape index (κ2) is 5.72. The van der Waals surface area contributed by atoms with Crippen LogP contribution in [0.4, 0.5) is 5.69 Å². The van der Waals surface area contributed by atoms with Crippen LogP contribution in [0.5, 0.6) is 0 Å². The SMILES string of the molecule is O=C(Nc1cccc(-c2csc(=O)[nH]2)c1)c1cccnc1. The van der Waals surface area contributed by atoms with Gasteiger partial charge >= 0.3 is 4.87 Å². The maximum atomic E-state index is 12.1. The van der Waals surface area contributed by atoms with Crippen molar-refractivity contribution >= 4 is 22.9 Å². The summed E-state index contributed by atoms with van der Waals surface area (Å²) in [6.45, 7) is 0. The molecule has 0 atom stereocenters. The highest BCUT2D eigenvalue weighted by atomic mass is 32.1. The molecule has 6 heteroatoms. The molecule has 1 amide bonds. The van der Waals surface area contributed by atoms with Crippen LogP contribution in [0.15, 0.2) is 59.0 Å². The van der Waals surface area contributed by atoms with Gasteiger partial charge in [-0.3, -0.25) is 14.6 Å². The van der Waals surface area contributed by atoms with Crippen LogP contribution < -0.4 is 10.2 Å². The Morgan fingerprint density at radius 2 is 2.14 bits per heavy atom. The Morgan fingerprint density at radius 3 is 2.86 bits per heavy atom. The van der Waals surface area contributed by atoms with Crippen LogP contribution in [0.25, 0.3) is 11.3 Å². The van der Waals surface area contributed by atoms with Gasteiger partial charge in [-0.15, -0.1) is 0 Å². The van der Waals surface area contributed by atoms with E-state index in [-0.39, 0.29) is 10.8 Å². The van der Waals surface area contributed by atoms with Crippen LogP contribution >= 0.6 is 11.3 Å². The summed E-state index contributed by atoms with van der Waals surface area (Å²) >= 11 is 1.11. The Hall–Kier alpha value is -2.73. The van der Waals surface area contributed by atoms with Gasteiger partial charge in [0.1, 0.15) is 0 Å². The number of nitrogens with zero attached hydrogens (tertiary/aromatic N) is 1. The van der Waals surface area contributed by atoms with Gasteiger partial charge in [0, 0.05) is 29.0 Å². The molecule has 0 saturated carbocycles. The summed E-state index contributed by atoms with van der Waals surface area (Å²) in [4.78, 5) is 29.8. The van der Waals surface area contributed by atoms with E-state index in [4.69, 9.17) is 0 Å². The van der Waals surface area contributed by atoms with Gasteiger partial charge in [0.15, 0.2) is 0 Å². The number of benzene rings is 1. The van der Waals surface area contributed by atoms with E-state index in [0.717, 1.165) is 22.6 Å². The number of carbonyl (C=O) groups is 1. The van der Waals surface area contributed by atoms with Gasteiger partial charge in [-0.1, -0.05) is 23.5 Å². The van der Waals surface area contributed by atoms with Crippen LogP contribution in [0.1, 0.15) is 10.4 Å². The number of hydrogen-bond donors (Lipinski definition) is 2. The number of aromatic nitrogens is 2. The highest BCUT2D eigenvalue weighted by molar-refractivity contribution is 7.07. The smallest absolute Gasteiger partial charge is 0.304 e. The van der Waals surface area contributed by atoms with Crippen LogP contribution in [-0.2, 0) is 0 Å². The molecule has 0 unspecified atom stereocenters. The molecule has 2 heterocycles. The van der Waals surface area contributed by atoms with Crippen molar-refractivity contribution in [2.45, 2.75) is 0 Å². The average molecular weight is 297 g/mol. The summed E-state index contributed by atoms with van der Waals surface area (Å²) in [5.74, 6) is -0.223. The number of pyridine rings is 1. The Kier molecular flexibility index (Phi) is 3.61. The van der Waals surface area contributed by atoms with Gasteiger partial charge in [-0.2, -0.15) is 0 Å². The molecule has 0 spiro atoms. The Bertz CT molecular complexity index is 824. The second-order valence-electron chi connectivity index (χ2n) is 4.34. The van der Waals surface area contributed by atoms with Crippen molar-refractivity contribution in [3.63, 3.8) is 0 Å². The van der Waals surface area contributed by atoms with Gasteiger partial charge in [0.2, 0.25) is 0 Å². The van der Waals surface area contributed by atoms with E-state index in [9.17, 15) is 9.59 Å². The van der Waals surface area contributed by atoms with E-state index >= 15 is 0 Å². The van der Waals surface area contributed by atoms with Gasteiger partial charge in [0.25, 0.3) is 5.91 Å². The summed E-state index contributed by atoms with van der Waals surface area (Å²) in [6.07, 6.45) is 3.12. The third-order valence-electron chi connectivity index (χ3n) is 2.88. The number of nitrogens with one attached hydrogen (secondary N) is 2. The predicted octanol–water partition coefficient (Wildman–Crippen LogP) is 2.75. The quantitative estimate of drug-likeness (QED) is 0.780. The first-order valence-electron chi connectivity index (χ1n) is 6.22. The fourth-order valence-corrected chi connectivity index (χ4v) is 2.48. The molecule has 0 aliphatic heterocycles. The number of rotatable bonds is 3. The molecule has 0 aliphatic rings. The molecule has 21 heavy (non-hydrogen) atoms. The lowest BCUT2D eigenvalue weighted by molar-refractivity contribution is 0.102. The summed E-state index contributed by atoms with van der Waals surface area (Å²) in [6, 6.07) is 10.7. The normalized spacial score (nSPS) is 10.3. The molecule has 104 valence electrons. The summed E-state index contributed by atoms with van der Waals surface area (Å²) < 4.78 is 0. The van der Waals surface area contributed by atoms with E-state index < -0.39 is 0 Å². The average Bonchev–Trinajstić information content (AvgIpc) is 2.95. The largest absolute Gasteiger partial charge is 0.322 e. The van der Waals surface area contributed by atoms with Crippen molar-refractivity contribution in [1.82, 2.24) is 9.97 Å². The maximum absolute atomic E-state index is 12.1. The third kappa shape index (κ3) is 3.06. The number of carbonyl (C=O) groups excluding carboxylic acids is 1. The zero-order valence-electron chi connectivity index (χ0n) is 10.9. The minimum absolute atomic E-state index is 0.102. The molecular formula is C15H11N3O2S. The molecule has 2 N–H and O–H groups in total. The maximum Gasteiger partial charge on any atom is 0.304 e. The number of hydrogen-bond acceptors (Lipinski definition) is 4. The minimum Gasteiger partial charge on any atom is -0.322 e. The van der Waals surface area contributed by atoms with E-state index in [1.807, 2.05) is 18.2 Å². The summed E-state index contributed by atoms with van der Waals surface area (Å²) in [5, 5.41) is 4.56. The predicted molar refractivity (Wildman–Crippen MR) is 82.6 cm³/mol. The number of anilines is 1. The lowest BCUT2D eigenvalue weighted by Gasteiger charge is -2.06. The molecule has 3 rings (SSSR count). The molecule has 1 aromatic carbocycles. The van der Waals surface area contributed by atoms with Crippen LogP contribution in [0.2, 0.25) is 0 Å². The minimum atomic E-state index is -0.223. The lowest BCUT2D eigenvalue weighted by atomic mass is 10.1. The topological polar surface area (TPSA) is 74.8 Å². The standard InChI is InChI=1S/C15H11N3O2S/c19-14(11-4-2-6-16-8-11)17-12-5-1-3-10(7-12)13-9-21-15(20)18-13/h1-9H,(H,17,19)(H,18,20). The zero-order chi connectivity index (χ0) is 14.7. The molecule has 2 aromatic heterocycles. The van der Waals surface area contributed by atoms with Gasteiger partial charge in [0.05, 0.1) is 11.3 Å². The number of aromatic amines is 1. The van der Waals surface area contributed by atoms with Gasteiger partial charge in [-0.05, 0) is 24.3 Å². The van der Waals surface area contributed by atoms with Crippen LogP contribution in [0, 0.1) is 0 Å². The Labute approximate surface area is 124 Å².